The standard InChI is InChI=1S/C12H15ClO4/c1-4-8-9(13)5-7(6-10(8)16-2)11(14)12(15)17-3/h5-6,11,14H,4H2,1-3H3. The Hall–Kier alpha value is -1.26. The lowest BCUT2D eigenvalue weighted by molar-refractivity contribution is -0.150. The number of esters is 1. The lowest BCUT2D eigenvalue weighted by Gasteiger charge is -2.14. The van der Waals surface area contributed by atoms with E-state index in [1.807, 2.05) is 6.92 Å². The molecule has 1 unspecified atom stereocenters. The summed E-state index contributed by atoms with van der Waals surface area (Å²) in [7, 11) is 2.73. The highest BCUT2D eigenvalue weighted by atomic mass is 35.5. The normalized spacial score (nSPS) is 12.1. The Morgan fingerprint density at radius 2 is 2.12 bits per heavy atom. The lowest BCUT2D eigenvalue weighted by atomic mass is 10.0. The van der Waals surface area contributed by atoms with Crippen LogP contribution in [0.4, 0.5) is 0 Å². The topological polar surface area (TPSA) is 55.8 Å². The Bertz CT molecular complexity index is 417. The van der Waals surface area contributed by atoms with Gasteiger partial charge in [0.25, 0.3) is 0 Å². The first-order valence-corrected chi connectivity index (χ1v) is 5.55. The fourth-order valence-corrected chi connectivity index (χ4v) is 1.91. The third-order valence-corrected chi connectivity index (χ3v) is 2.83. The van der Waals surface area contributed by atoms with Crippen LogP contribution in [0, 0.1) is 0 Å². The molecule has 0 heterocycles. The van der Waals surface area contributed by atoms with Gasteiger partial charge in [-0.3, -0.25) is 0 Å². The lowest BCUT2D eigenvalue weighted by Crippen LogP contribution is -2.13. The van der Waals surface area contributed by atoms with Crippen molar-refractivity contribution in [1.29, 1.82) is 0 Å². The van der Waals surface area contributed by atoms with Crippen LogP contribution in [-0.2, 0) is 16.0 Å². The number of hydrogen-bond donors (Lipinski definition) is 1. The van der Waals surface area contributed by atoms with Gasteiger partial charge in [0, 0.05) is 10.6 Å². The predicted molar refractivity (Wildman–Crippen MR) is 64.4 cm³/mol. The highest BCUT2D eigenvalue weighted by Crippen LogP contribution is 2.31. The van der Waals surface area contributed by atoms with Gasteiger partial charge < -0.3 is 14.6 Å². The first-order chi connectivity index (χ1) is 8.04. The summed E-state index contributed by atoms with van der Waals surface area (Å²) in [6.07, 6.45) is -0.645. The summed E-state index contributed by atoms with van der Waals surface area (Å²) < 4.78 is 9.64. The van der Waals surface area contributed by atoms with E-state index in [0.29, 0.717) is 22.8 Å². The van der Waals surface area contributed by atoms with Crippen LogP contribution >= 0.6 is 11.6 Å². The van der Waals surface area contributed by atoms with Crippen molar-refractivity contribution in [1.82, 2.24) is 0 Å². The number of aliphatic hydroxyl groups excluding tert-OH is 1. The molecular formula is C12H15ClO4. The largest absolute Gasteiger partial charge is 0.496 e. The maximum atomic E-state index is 11.2. The second kappa shape index (κ2) is 5.89. The van der Waals surface area contributed by atoms with Crippen molar-refractivity contribution in [2.45, 2.75) is 19.4 Å². The minimum absolute atomic E-state index is 0.357. The van der Waals surface area contributed by atoms with Gasteiger partial charge in [0.1, 0.15) is 5.75 Å². The fourth-order valence-electron chi connectivity index (χ4n) is 1.56. The van der Waals surface area contributed by atoms with Crippen molar-refractivity contribution in [2.24, 2.45) is 0 Å². The number of benzene rings is 1. The monoisotopic (exact) mass is 258 g/mol. The smallest absolute Gasteiger partial charge is 0.339 e. The van der Waals surface area contributed by atoms with Gasteiger partial charge in [-0.05, 0) is 24.1 Å². The summed E-state index contributed by atoms with van der Waals surface area (Å²) >= 11 is 6.06. The Balaban J connectivity index is 3.19. The van der Waals surface area contributed by atoms with E-state index >= 15 is 0 Å². The van der Waals surface area contributed by atoms with Crippen LogP contribution < -0.4 is 4.74 Å². The van der Waals surface area contributed by atoms with Gasteiger partial charge in [-0.15, -0.1) is 0 Å². The molecule has 17 heavy (non-hydrogen) atoms. The van der Waals surface area contributed by atoms with Crippen LogP contribution in [0.5, 0.6) is 5.75 Å². The fraction of sp³-hybridized carbons (Fsp3) is 0.417. The summed E-state index contributed by atoms with van der Waals surface area (Å²) in [5.74, 6) is -0.176. The van der Waals surface area contributed by atoms with Crippen molar-refractivity contribution in [3.63, 3.8) is 0 Å². The summed E-state index contributed by atoms with van der Waals surface area (Å²) in [6.45, 7) is 1.94. The first kappa shape index (κ1) is 13.8. The molecule has 0 spiro atoms. The second-order valence-corrected chi connectivity index (χ2v) is 3.87. The number of ether oxygens (including phenoxy) is 2. The molecular weight excluding hydrogens is 244 g/mol. The molecule has 0 radical (unpaired) electrons. The average molecular weight is 259 g/mol. The molecule has 0 aliphatic rings. The number of hydrogen-bond acceptors (Lipinski definition) is 4. The third-order valence-electron chi connectivity index (χ3n) is 2.49. The zero-order chi connectivity index (χ0) is 13.0. The Kier molecular flexibility index (Phi) is 4.78. The van der Waals surface area contributed by atoms with Crippen LogP contribution in [0.3, 0.4) is 0 Å². The van der Waals surface area contributed by atoms with E-state index < -0.39 is 12.1 Å². The van der Waals surface area contributed by atoms with Gasteiger partial charge in [-0.25, -0.2) is 4.79 Å². The van der Waals surface area contributed by atoms with Crippen LogP contribution in [0.25, 0.3) is 0 Å². The molecule has 1 N–H and O–H groups in total. The zero-order valence-electron chi connectivity index (χ0n) is 9.99. The van der Waals surface area contributed by atoms with Gasteiger partial charge >= 0.3 is 5.97 Å². The highest BCUT2D eigenvalue weighted by molar-refractivity contribution is 6.31. The molecule has 1 aromatic carbocycles. The molecule has 0 fully saturated rings. The molecule has 0 aromatic heterocycles. The van der Waals surface area contributed by atoms with Crippen molar-refractivity contribution in [3.8, 4) is 5.75 Å². The maximum Gasteiger partial charge on any atom is 0.339 e. The number of carbonyl (C=O) groups excluding carboxylic acids is 1. The average Bonchev–Trinajstić information content (AvgIpc) is 2.35. The molecule has 4 nitrogen and oxygen atoms in total. The SMILES string of the molecule is CCc1c(Cl)cc(C(O)C(=O)OC)cc1OC. The molecule has 0 aliphatic heterocycles. The number of rotatable bonds is 4. The van der Waals surface area contributed by atoms with Gasteiger partial charge in [0.2, 0.25) is 0 Å². The molecule has 5 heteroatoms. The number of methoxy groups -OCH3 is 2. The third kappa shape index (κ3) is 2.90. The predicted octanol–water partition coefficient (Wildman–Crippen LogP) is 2.12. The molecule has 1 atom stereocenters. The summed E-state index contributed by atoms with van der Waals surface area (Å²) in [5.41, 5.74) is 1.20. The summed E-state index contributed by atoms with van der Waals surface area (Å²) in [4.78, 5) is 11.2. The van der Waals surface area contributed by atoms with Crippen molar-refractivity contribution in [2.75, 3.05) is 14.2 Å². The van der Waals surface area contributed by atoms with E-state index in [1.165, 1.54) is 14.2 Å². The maximum absolute atomic E-state index is 11.2. The van der Waals surface area contributed by atoms with Gasteiger partial charge in [0.05, 0.1) is 14.2 Å². The molecule has 0 saturated carbocycles. The second-order valence-electron chi connectivity index (χ2n) is 3.46. The van der Waals surface area contributed by atoms with Crippen LogP contribution in [0.1, 0.15) is 24.2 Å². The number of carbonyl (C=O) groups is 1. The quantitative estimate of drug-likeness (QED) is 0.841. The van der Waals surface area contributed by atoms with E-state index in [1.54, 1.807) is 12.1 Å². The first-order valence-electron chi connectivity index (χ1n) is 5.17. The van der Waals surface area contributed by atoms with Crippen LogP contribution in [0.15, 0.2) is 12.1 Å². The van der Waals surface area contributed by atoms with Crippen LogP contribution in [-0.4, -0.2) is 25.3 Å². The molecule has 1 rings (SSSR count). The minimum Gasteiger partial charge on any atom is -0.496 e. The minimum atomic E-state index is -1.35. The van der Waals surface area contributed by atoms with E-state index in [-0.39, 0.29) is 0 Å². The molecule has 1 aromatic rings. The van der Waals surface area contributed by atoms with E-state index in [9.17, 15) is 9.90 Å². The molecule has 94 valence electrons. The van der Waals surface area contributed by atoms with Crippen molar-refractivity contribution < 1.29 is 19.4 Å². The number of halogens is 1. The Morgan fingerprint density at radius 3 is 2.59 bits per heavy atom. The summed E-state index contributed by atoms with van der Waals surface area (Å²) in [5, 5.41) is 10.2. The van der Waals surface area contributed by atoms with Gasteiger partial charge in [-0.2, -0.15) is 0 Å². The molecule has 0 amide bonds. The van der Waals surface area contributed by atoms with Crippen molar-refractivity contribution >= 4 is 17.6 Å². The van der Waals surface area contributed by atoms with Crippen molar-refractivity contribution in [3.05, 3.63) is 28.3 Å². The summed E-state index contributed by atoms with van der Waals surface area (Å²) in [6, 6.07) is 3.14. The van der Waals surface area contributed by atoms with E-state index in [0.717, 1.165) is 5.56 Å². The Labute approximate surface area is 105 Å². The Morgan fingerprint density at radius 1 is 1.47 bits per heavy atom. The molecule has 0 saturated heterocycles. The zero-order valence-corrected chi connectivity index (χ0v) is 10.7. The highest BCUT2D eigenvalue weighted by Gasteiger charge is 2.20. The van der Waals surface area contributed by atoms with E-state index in [2.05, 4.69) is 4.74 Å². The van der Waals surface area contributed by atoms with E-state index in [4.69, 9.17) is 16.3 Å². The van der Waals surface area contributed by atoms with Gasteiger partial charge in [0.15, 0.2) is 6.10 Å². The van der Waals surface area contributed by atoms with Gasteiger partial charge in [-0.1, -0.05) is 18.5 Å². The molecule has 0 bridgehead atoms. The molecule has 0 aliphatic carbocycles. The number of aliphatic hydroxyl groups is 1. The van der Waals surface area contributed by atoms with Crippen LogP contribution in [0.2, 0.25) is 5.02 Å².